The second-order valence-electron chi connectivity index (χ2n) is 7.61. The number of hydrogen-bond acceptors (Lipinski definition) is 1. The van der Waals surface area contributed by atoms with Crippen LogP contribution in [0.25, 0.3) is 33.0 Å². The first-order valence-electron chi connectivity index (χ1n) is 9.03. The van der Waals surface area contributed by atoms with Crippen molar-refractivity contribution in [3.8, 4) is 28.0 Å². The van der Waals surface area contributed by atoms with Crippen molar-refractivity contribution in [2.24, 2.45) is 0 Å². The third-order valence-corrected chi connectivity index (χ3v) is 5.80. The van der Waals surface area contributed by atoms with Crippen LogP contribution in [0.4, 0.5) is 0 Å². The van der Waals surface area contributed by atoms with Crippen molar-refractivity contribution in [1.29, 1.82) is 0 Å². The van der Waals surface area contributed by atoms with Crippen molar-refractivity contribution >= 4 is 10.8 Å². The molecular formula is C28H29OTi. The number of phenols is 1. The molecule has 0 unspecified atom stereocenters. The van der Waals surface area contributed by atoms with Crippen molar-refractivity contribution in [2.75, 3.05) is 0 Å². The number of benzene rings is 4. The second-order valence-corrected chi connectivity index (χ2v) is 7.61. The van der Waals surface area contributed by atoms with Gasteiger partial charge in [-0.1, -0.05) is 86.6 Å². The summed E-state index contributed by atoms with van der Waals surface area (Å²) >= 11 is 0. The van der Waals surface area contributed by atoms with Gasteiger partial charge in [0.05, 0.1) is 0 Å². The predicted octanol–water partition coefficient (Wildman–Crippen LogP) is 7.87. The van der Waals surface area contributed by atoms with E-state index in [4.69, 9.17) is 0 Å². The monoisotopic (exact) mass is 429 g/mol. The Morgan fingerprint density at radius 3 is 2.00 bits per heavy atom. The Balaban J connectivity index is 0.00000112. The van der Waals surface area contributed by atoms with Crippen LogP contribution in [0.15, 0.2) is 78.9 Å². The van der Waals surface area contributed by atoms with Crippen molar-refractivity contribution < 1.29 is 26.8 Å². The maximum atomic E-state index is 10.9. The van der Waals surface area contributed by atoms with Crippen LogP contribution in [0, 0.1) is 22.3 Å². The molecule has 0 bridgehead atoms. The number of fused-ring (bicyclic) bond motifs is 4. The van der Waals surface area contributed by atoms with Gasteiger partial charge in [0.2, 0.25) is 0 Å². The molecule has 30 heavy (non-hydrogen) atoms. The zero-order valence-corrected chi connectivity index (χ0v) is 20.0. The zero-order valence-electron chi connectivity index (χ0n) is 18.5. The summed E-state index contributed by atoms with van der Waals surface area (Å²) in [5.41, 5.74) is 7.23. The smallest absolute Gasteiger partial charge is 0.507 e. The number of rotatable bonds is 1. The summed E-state index contributed by atoms with van der Waals surface area (Å²) in [5, 5.41) is 12.8. The van der Waals surface area contributed by atoms with Gasteiger partial charge in [-0.15, -0.1) is 0 Å². The number of phenolic OH excluding ortho intramolecular Hbond substituents is 1. The van der Waals surface area contributed by atoms with Gasteiger partial charge >= 0.3 is 21.7 Å². The molecule has 1 N–H and O–H groups in total. The quantitative estimate of drug-likeness (QED) is 0.241. The first kappa shape index (κ1) is 25.7. The van der Waals surface area contributed by atoms with Crippen molar-refractivity contribution in [1.82, 2.24) is 0 Å². The standard InChI is InChI=1S/C25H20O.3CH3.Ti/c1-25(2)22-10-6-5-9-20(22)21-14-12-17(15-23(21)25)19-13-11-16-7-3-4-8-18(16)24(19)26;;;;/h3-15,26H,1-2H3;3*1H3;/q;3*-1;+3. The molecule has 4 aromatic carbocycles. The zero-order chi connectivity index (χ0) is 17.9. The van der Waals surface area contributed by atoms with Crippen LogP contribution < -0.4 is 0 Å². The normalized spacial score (nSPS) is 12.3. The molecule has 2 heteroatoms. The maximum absolute atomic E-state index is 10.9. The van der Waals surface area contributed by atoms with Crippen molar-refractivity contribution in [3.63, 3.8) is 0 Å². The maximum Gasteiger partial charge on any atom is 3.00 e. The minimum Gasteiger partial charge on any atom is -0.507 e. The van der Waals surface area contributed by atoms with Gasteiger partial charge in [0.1, 0.15) is 5.75 Å². The predicted molar refractivity (Wildman–Crippen MR) is 128 cm³/mol. The Morgan fingerprint density at radius 1 is 0.633 bits per heavy atom. The molecule has 0 saturated carbocycles. The summed E-state index contributed by atoms with van der Waals surface area (Å²) in [4.78, 5) is 0. The fraction of sp³-hybridized carbons (Fsp3) is 0.107. The van der Waals surface area contributed by atoms with Crippen LogP contribution in [-0.4, -0.2) is 5.11 Å². The molecule has 0 spiro atoms. The van der Waals surface area contributed by atoms with Gasteiger partial charge in [-0.25, -0.2) is 0 Å². The first-order chi connectivity index (χ1) is 12.6. The largest absolute Gasteiger partial charge is 3.00 e. The van der Waals surface area contributed by atoms with E-state index in [-0.39, 0.29) is 49.4 Å². The van der Waals surface area contributed by atoms with E-state index in [1.165, 1.54) is 22.3 Å². The van der Waals surface area contributed by atoms with Crippen LogP contribution in [0.1, 0.15) is 25.0 Å². The number of aromatic hydroxyl groups is 1. The molecule has 0 amide bonds. The molecule has 0 atom stereocenters. The van der Waals surface area contributed by atoms with Gasteiger partial charge in [-0.05, 0) is 39.3 Å². The van der Waals surface area contributed by atoms with Gasteiger partial charge in [0.15, 0.2) is 0 Å². The molecule has 1 nitrogen and oxygen atoms in total. The number of hydrogen-bond donors (Lipinski definition) is 1. The van der Waals surface area contributed by atoms with E-state index in [9.17, 15) is 5.11 Å². The Kier molecular flexibility index (Phi) is 7.88. The summed E-state index contributed by atoms with van der Waals surface area (Å²) in [6.07, 6.45) is 0. The average molecular weight is 429 g/mol. The van der Waals surface area contributed by atoms with Gasteiger partial charge in [0.25, 0.3) is 0 Å². The van der Waals surface area contributed by atoms with E-state index in [1.807, 2.05) is 30.3 Å². The molecule has 4 aromatic rings. The fourth-order valence-electron chi connectivity index (χ4n) is 4.36. The van der Waals surface area contributed by atoms with E-state index in [2.05, 4.69) is 62.4 Å². The van der Waals surface area contributed by atoms with E-state index in [0.29, 0.717) is 5.75 Å². The minimum atomic E-state index is -0.0333. The first-order valence-corrected chi connectivity index (χ1v) is 9.03. The molecule has 5 rings (SSSR count). The van der Waals surface area contributed by atoms with Crippen LogP contribution in [-0.2, 0) is 27.1 Å². The average Bonchev–Trinajstić information content (AvgIpc) is 2.90. The third kappa shape index (κ3) is 3.62. The summed E-state index contributed by atoms with van der Waals surface area (Å²) in [7, 11) is 0. The van der Waals surface area contributed by atoms with Gasteiger partial charge in [0, 0.05) is 16.4 Å². The van der Waals surface area contributed by atoms with E-state index < -0.39 is 0 Å². The molecular weight excluding hydrogens is 400 g/mol. The summed E-state index contributed by atoms with van der Waals surface area (Å²) in [6.45, 7) is 4.56. The van der Waals surface area contributed by atoms with Crippen LogP contribution >= 0.6 is 0 Å². The molecule has 0 aromatic heterocycles. The second kappa shape index (κ2) is 9.21. The van der Waals surface area contributed by atoms with E-state index >= 15 is 0 Å². The molecule has 0 fully saturated rings. The van der Waals surface area contributed by atoms with Crippen LogP contribution in [0.2, 0.25) is 0 Å². The molecule has 1 radical (unpaired) electrons. The van der Waals surface area contributed by atoms with Gasteiger partial charge < -0.3 is 27.4 Å². The Labute approximate surface area is 196 Å². The summed E-state index contributed by atoms with van der Waals surface area (Å²) < 4.78 is 0. The molecule has 1 aliphatic rings. The molecule has 0 aliphatic heterocycles. The summed E-state index contributed by atoms with van der Waals surface area (Å²) in [5.74, 6) is 0.358. The Hall–Kier alpha value is -2.35. The SMILES string of the molecule is CC1(C)c2ccccc2-c2ccc(-c3ccc4ccccc4c3O)cc21.[CH3-].[CH3-].[CH3-].[Ti+3]. The van der Waals surface area contributed by atoms with Gasteiger partial charge in [-0.3, -0.25) is 0 Å². The third-order valence-electron chi connectivity index (χ3n) is 5.80. The molecule has 1 aliphatic carbocycles. The molecule has 0 heterocycles. The molecule has 151 valence electrons. The summed E-state index contributed by atoms with van der Waals surface area (Å²) in [6, 6.07) is 27.3. The topological polar surface area (TPSA) is 20.2 Å². The minimum absolute atomic E-state index is 0. The molecule has 0 saturated heterocycles. The van der Waals surface area contributed by atoms with Crippen LogP contribution in [0.5, 0.6) is 5.75 Å². The Bertz CT molecular complexity index is 1170. The van der Waals surface area contributed by atoms with E-state index in [0.717, 1.165) is 21.9 Å². The van der Waals surface area contributed by atoms with Crippen molar-refractivity contribution in [2.45, 2.75) is 19.3 Å². The Morgan fingerprint density at radius 2 is 1.23 bits per heavy atom. The van der Waals surface area contributed by atoms with Crippen LogP contribution in [0.3, 0.4) is 0 Å². The van der Waals surface area contributed by atoms with Crippen molar-refractivity contribution in [3.05, 3.63) is 112 Å². The fourth-order valence-corrected chi connectivity index (χ4v) is 4.36. The van der Waals surface area contributed by atoms with Gasteiger partial charge in [-0.2, -0.15) is 0 Å². The van der Waals surface area contributed by atoms with E-state index in [1.54, 1.807) is 0 Å².